The van der Waals surface area contributed by atoms with Crippen LogP contribution in [0.3, 0.4) is 0 Å². The first kappa shape index (κ1) is 13.6. The average molecular weight is 263 g/mol. The fourth-order valence-electron chi connectivity index (χ4n) is 1.20. The number of rotatable bonds is 7. The van der Waals surface area contributed by atoms with Crippen molar-refractivity contribution in [1.82, 2.24) is 5.32 Å². The Balaban J connectivity index is 2.19. The minimum absolute atomic E-state index is 0.569. The lowest BCUT2D eigenvalue weighted by molar-refractivity contribution is 0.200. The molecule has 0 unspecified atom stereocenters. The van der Waals surface area contributed by atoms with Crippen LogP contribution in [-0.2, 0) is 4.74 Å². The van der Waals surface area contributed by atoms with Crippen LogP contribution in [0, 0.1) is 0 Å². The molecule has 0 aliphatic carbocycles. The van der Waals surface area contributed by atoms with Crippen LogP contribution in [0.25, 0.3) is 0 Å². The van der Waals surface area contributed by atoms with Gasteiger partial charge >= 0.3 is 0 Å². The number of methoxy groups -OCH3 is 1. The lowest BCUT2D eigenvalue weighted by atomic mass is 10.3. The highest BCUT2D eigenvalue weighted by Gasteiger charge is 1.98. The van der Waals surface area contributed by atoms with Gasteiger partial charge in [0.2, 0.25) is 0 Å². The van der Waals surface area contributed by atoms with E-state index in [4.69, 9.17) is 27.9 Å². The fraction of sp³-hybridized carbons (Fsp3) is 0.455. The predicted molar refractivity (Wildman–Crippen MR) is 69.7 cm³/mol. The second-order valence-electron chi connectivity index (χ2n) is 3.30. The van der Waals surface area contributed by atoms with E-state index in [0.29, 0.717) is 10.0 Å². The van der Waals surface area contributed by atoms with Gasteiger partial charge in [0.1, 0.15) is 0 Å². The first-order valence-corrected chi connectivity index (χ1v) is 5.88. The molecule has 0 atom stereocenters. The molecule has 1 aromatic carbocycles. The Bertz CT molecular complexity index is 321. The Morgan fingerprint density at radius 3 is 2.62 bits per heavy atom. The van der Waals surface area contributed by atoms with Gasteiger partial charge in [-0.15, -0.1) is 0 Å². The molecule has 2 N–H and O–H groups in total. The highest BCUT2D eigenvalue weighted by atomic mass is 35.5. The number of nitrogens with one attached hydrogen (secondary N) is 2. The summed E-state index contributed by atoms with van der Waals surface area (Å²) < 4.78 is 4.92. The van der Waals surface area contributed by atoms with Crippen LogP contribution in [0.15, 0.2) is 18.2 Å². The molecule has 0 heterocycles. The van der Waals surface area contributed by atoms with E-state index >= 15 is 0 Å². The molecule has 0 fully saturated rings. The molecule has 1 aromatic rings. The van der Waals surface area contributed by atoms with Crippen LogP contribution in [0.5, 0.6) is 0 Å². The normalized spacial score (nSPS) is 10.4. The highest BCUT2D eigenvalue weighted by Crippen LogP contribution is 2.24. The van der Waals surface area contributed by atoms with Gasteiger partial charge in [-0.3, -0.25) is 0 Å². The van der Waals surface area contributed by atoms with Crippen molar-refractivity contribution in [2.75, 3.05) is 38.7 Å². The summed E-state index contributed by atoms with van der Waals surface area (Å²) in [6.45, 7) is 3.30. The molecule has 0 saturated heterocycles. The molecule has 0 bridgehead atoms. The van der Waals surface area contributed by atoms with Crippen LogP contribution in [0.4, 0.5) is 5.69 Å². The lowest BCUT2D eigenvalue weighted by Gasteiger charge is -2.08. The zero-order chi connectivity index (χ0) is 11.8. The fourth-order valence-corrected chi connectivity index (χ4v) is 1.50. The molecule has 0 amide bonds. The molecule has 0 aliphatic heterocycles. The van der Waals surface area contributed by atoms with Crippen molar-refractivity contribution in [3.8, 4) is 0 Å². The quantitative estimate of drug-likeness (QED) is 0.742. The van der Waals surface area contributed by atoms with Gasteiger partial charge in [0, 0.05) is 32.4 Å². The number of hydrogen-bond donors (Lipinski definition) is 2. The summed E-state index contributed by atoms with van der Waals surface area (Å²) in [6.07, 6.45) is 0. The molecule has 3 nitrogen and oxygen atoms in total. The average Bonchev–Trinajstić information content (AvgIpc) is 2.28. The predicted octanol–water partition coefficient (Wildman–Crippen LogP) is 2.64. The summed E-state index contributed by atoms with van der Waals surface area (Å²) in [5, 5.41) is 7.62. The first-order valence-electron chi connectivity index (χ1n) is 5.12. The third-order valence-electron chi connectivity index (χ3n) is 2.03. The monoisotopic (exact) mass is 262 g/mol. The Morgan fingerprint density at radius 1 is 1.12 bits per heavy atom. The maximum absolute atomic E-state index is 5.89. The van der Waals surface area contributed by atoms with E-state index in [1.54, 1.807) is 13.2 Å². The van der Waals surface area contributed by atoms with E-state index in [2.05, 4.69) is 10.6 Å². The minimum Gasteiger partial charge on any atom is -0.384 e. The van der Waals surface area contributed by atoms with Crippen molar-refractivity contribution in [3.05, 3.63) is 28.2 Å². The van der Waals surface area contributed by atoms with Gasteiger partial charge < -0.3 is 15.4 Å². The van der Waals surface area contributed by atoms with Crippen molar-refractivity contribution >= 4 is 28.9 Å². The standard InChI is InChI=1S/C11H16Cl2N2O/c1-16-7-6-14-4-5-15-9-2-3-10(12)11(13)8-9/h2-3,8,14-15H,4-7H2,1H3. The van der Waals surface area contributed by atoms with E-state index in [9.17, 15) is 0 Å². The van der Waals surface area contributed by atoms with Crippen LogP contribution < -0.4 is 10.6 Å². The Morgan fingerprint density at radius 2 is 1.94 bits per heavy atom. The number of benzene rings is 1. The number of hydrogen-bond acceptors (Lipinski definition) is 3. The van der Waals surface area contributed by atoms with E-state index in [0.717, 1.165) is 31.9 Å². The van der Waals surface area contributed by atoms with Crippen LogP contribution in [-0.4, -0.2) is 33.4 Å². The van der Waals surface area contributed by atoms with Gasteiger partial charge in [-0.2, -0.15) is 0 Å². The van der Waals surface area contributed by atoms with E-state index < -0.39 is 0 Å². The molecular weight excluding hydrogens is 247 g/mol. The second-order valence-corrected chi connectivity index (χ2v) is 4.11. The topological polar surface area (TPSA) is 33.3 Å². The van der Waals surface area contributed by atoms with Gasteiger partial charge in [0.25, 0.3) is 0 Å². The van der Waals surface area contributed by atoms with Gasteiger partial charge in [-0.1, -0.05) is 23.2 Å². The van der Waals surface area contributed by atoms with Crippen molar-refractivity contribution in [2.45, 2.75) is 0 Å². The Labute approximate surface area is 106 Å². The maximum Gasteiger partial charge on any atom is 0.0612 e. The number of halogens is 2. The minimum atomic E-state index is 0.569. The van der Waals surface area contributed by atoms with Gasteiger partial charge in [0.05, 0.1) is 16.7 Å². The molecule has 0 aliphatic rings. The first-order chi connectivity index (χ1) is 7.74. The zero-order valence-electron chi connectivity index (χ0n) is 9.22. The summed E-state index contributed by atoms with van der Waals surface area (Å²) in [5.74, 6) is 0. The zero-order valence-corrected chi connectivity index (χ0v) is 10.7. The summed E-state index contributed by atoms with van der Waals surface area (Å²) in [7, 11) is 1.69. The van der Waals surface area contributed by atoms with Gasteiger partial charge in [-0.05, 0) is 18.2 Å². The van der Waals surface area contributed by atoms with Crippen molar-refractivity contribution in [1.29, 1.82) is 0 Å². The molecule has 0 saturated carbocycles. The van der Waals surface area contributed by atoms with Crippen LogP contribution in [0.1, 0.15) is 0 Å². The Hall–Kier alpha value is -0.480. The summed E-state index contributed by atoms with van der Waals surface area (Å²) in [4.78, 5) is 0. The van der Waals surface area contributed by atoms with Gasteiger partial charge in [-0.25, -0.2) is 0 Å². The highest BCUT2D eigenvalue weighted by molar-refractivity contribution is 6.42. The summed E-state index contributed by atoms with van der Waals surface area (Å²) in [5.41, 5.74) is 0.975. The summed E-state index contributed by atoms with van der Waals surface area (Å²) in [6, 6.07) is 5.51. The second kappa shape index (κ2) is 7.74. The van der Waals surface area contributed by atoms with Gasteiger partial charge in [0.15, 0.2) is 0 Å². The lowest BCUT2D eigenvalue weighted by Crippen LogP contribution is -2.25. The summed E-state index contributed by atoms with van der Waals surface area (Å²) >= 11 is 11.7. The molecule has 5 heteroatoms. The van der Waals surface area contributed by atoms with Crippen molar-refractivity contribution < 1.29 is 4.74 Å². The van der Waals surface area contributed by atoms with Crippen molar-refractivity contribution in [3.63, 3.8) is 0 Å². The van der Waals surface area contributed by atoms with E-state index in [1.807, 2.05) is 12.1 Å². The largest absolute Gasteiger partial charge is 0.384 e. The molecule has 0 radical (unpaired) electrons. The molecule has 1 rings (SSSR count). The van der Waals surface area contributed by atoms with Crippen LogP contribution >= 0.6 is 23.2 Å². The third kappa shape index (κ3) is 5.03. The SMILES string of the molecule is COCCNCCNc1ccc(Cl)c(Cl)c1. The molecular formula is C11H16Cl2N2O. The third-order valence-corrected chi connectivity index (χ3v) is 2.77. The smallest absolute Gasteiger partial charge is 0.0612 e. The van der Waals surface area contributed by atoms with Crippen LogP contribution in [0.2, 0.25) is 10.0 Å². The number of ether oxygens (including phenoxy) is 1. The maximum atomic E-state index is 5.89. The molecule has 0 aromatic heterocycles. The Kier molecular flexibility index (Phi) is 6.57. The van der Waals surface area contributed by atoms with E-state index in [-0.39, 0.29) is 0 Å². The molecule has 0 spiro atoms. The number of anilines is 1. The van der Waals surface area contributed by atoms with Crippen molar-refractivity contribution in [2.24, 2.45) is 0 Å². The van der Waals surface area contributed by atoms with E-state index in [1.165, 1.54) is 0 Å². The molecule has 16 heavy (non-hydrogen) atoms. The molecule has 90 valence electrons.